The van der Waals surface area contributed by atoms with Crippen LogP contribution in [0, 0.1) is 0 Å². The summed E-state index contributed by atoms with van der Waals surface area (Å²) in [6, 6.07) is 2.57. The molecule has 0 saturated heterocycles. The van der Waals surface area contributed by atoms with Crippen molar-refractivity contribution in [3.63, 3.8) is 0 Å². The minimum atomic E-state index is -4.45. The summed E-state index contributed by atoms with van der Waals surface area (Å²) in [5, 5.41) is 4.74. The van der Waals surface area contributed by atoms with Crippen LogP contribution in [0.1, 0.15) is 45.6 Å². The summed E-state index contributed by atoms with van der Waals surface area (Å²) in [5.41, 5.74) is 0.552. The molecule has 0 saturated carbocycles. The van der Waals surface area contributed by atoms with Gasteiger partial charge in [-0.05, 0) is 37.0 Å². The molecular weight excluding hydrogens is 867 g/mol. The molecule has 22 heteroatoms. The van der Waals surface area contributed by atoms with E-state index < -0.39 is 19.9 Å². The molecule has 0 atom stereocenters. The van der Waals surface area contributed by atoms with Gasteiger partial charge in [-0.15, -0.1) is 0 Å². The molecule has 64 heavy (non-hydrogen) atoms. The van der Waals surface area contributed by atoms with Crippen molar-refractivity contribution in [1.29, 1.82) is 0 Å². The van der Waals surface area contributed by atoms with Gasteiger partial charge in [0.05, 0.1) is 139 Å². The first-order valence-electron chi connectivity index (χ1n) is 22.3. The lowest BCUT2D eigenvalue weighted by Crippen LogP contribution is -2.35. The first-order valence-corrected chi connectivity index (χ1v) is 24.1. The Balaban J connectivity index is 2.79. The Kier molecular flexibility index (Phi) is 41.3. The average Bonchev–Trinajstić information content (AvgIpc) is 3.28. The second kappa shape index (κ2) is 44.4. The Morgan fingerprint density at radius 3 is 0.969 bits per heavy atom. The molecule has 0 fully saturated rings. The van der Waals surface area contributed by atoms with Gasteiger partial charge in [-0.25, -0.2) is 4.79 Å². The Bertz CT molecular complexity index is 1200. The van der Waals surface area contributed by atoms with Gasteiger partial charge in [0.2, 0.25) is 5.75 Å². The third-order valence-electron chi connectivity index (χ3n) is 7.82. The Morgan fingerprint density at radius 2 is 0.688 bits per heavy atom. The van der Waals surface area contributed by atoms with Gasteiger partial charge in [-0.3, -0.25) is 4.57 Å². The Labute approximate surface area is 380 Å². The molecule has 0 aliphatic carbocycles. The number of nitrogens with one attached hydrogen (secondary N) is 2. The van der Waals surface area contributed by atoms with E-state index in [-0.39, 0.29) is 46.2 Å². The first kappa shape index (κ1) is 59.6. The standard InChI is InChI=1S/C42H79N2O19P/c1-4-7-49-10-13-52-16-19-55-22-25-58-28-31-61-39-34-38(36-43-42(45)44-37-64(46,47)48)35-40(62-32-29-59-26-23-56-20-17-53-14-11-50-8-5-2)41(39)63-33-30-60-27-24-57-21-18-54-15-12-51-9-6-3/h34-35H,4-33,36-37H2,1-3H3,(H2,43,44,45)(H2,46,47,48). The lowest BCUT2D eigenvalue weighted by Gasteiger charge is -2.19. The topological polar surface area (TPSA) is 237 Å². The lowest BCUT2D eigenvalue weighted by molar-refractivity contribution is -0.00591. The fraction of sp³-hybridized carbons (Fsp3) is 0.833. The zero-order chi connectivity index (χ0) is 46.4. The zero-order valence-electron chi connectivity index (χ0n) is 38.6. The Hall–Kier alpha value is -2.44. The van der Waals surface area contributed by atoms with E-state index >= 15 is 0 Å². The number of rotatable bonds is 49. The van der Waals surface area contributed by atoms with Crippen LogP contribution in [0.15, 0.2) is 12.1 Å². The smallest absolute Gasteiger partial charge is 0.344 e. The molecular formula is C42H79N2O19P. The maximum atomic E-state index is 12.3. The number of hydrogen-bond donors (Lipinski definition) is 4. The number of ether oxygens (including phenoxy) is 15. The third kappa shape index (κ3) is 38.8. The molecule has 21 nitrogen and oxygen atoms in total. The molecule has 2 amide bonds. The van der Waals surface area contributed by atoms with E-state index in [9.17, 15) is 9.36 Å². The van der Waals surface area contributed by atoms with Crippen molar-refractivity contribution in [2.24, 2.45) is 0 Å². The molecule has 1 rings (SSSR count). The van der Waals surface area contributed by atoms with E-state index in [2.05, 4.69) is 31.4 Å². The van der Waals surface area contributed by atoms with Crippen LogP contribution in [0.2, 0.25) is 0 Å². The highest BCUT2D eigenvalue weighted by atomic mass is 31.2. The van der Waals surface area contributed by atoms with Crippen molar-refractivity contribution in [2.75, 3.05) is 185 Å². The van der Waals surface area contributed by atoms with Crippen molar-refractivity contribution in [3.05, 3.63) is 17.7 Å². The van der Waals surface area contributed by atoms with Gasteiger partial charge in [-0.1, -0.05) is 20.8 Å². The SMILES string of the molecule is CCCOCCOCCOCCOCCOc1cc(CNC(=O)NCP(=O)(O)O)cc(OCCOCCOCCOCCOCCC)c1OCCOCCOCCOCCOCCC. The number of carbonyl (C=O) groups is 1. The van der Waals surface area contributed by atoms with Gasteiger partial charge >= 0.3 is 13.6 Å². The van der Waals surface area contributed by atoms with Crippen molar-refractivity contribution >= 4 is 13.6 Å². The molecule has 376 valence electrons. The van der Waals surface area contributed by atoms with E-state index in [1.54, 1.807) is 12.1 Å². The van der Waals surface area contributed by atoms with E-state index in [1.807, 2.05) is 0 Å². The zero-order valence-corrected chi connectivity index (χ0v) is 39.5. The highest BCUT2D eigenvalue weighted by Crippen LogP contribution is 2.39. The molecule has 0 unspecified atom stereocenters. The fourth-order valence-electron chi connectivity index (χ4n) is 4.85. The van der Waals surface area contributed by atoms with Crippen LogP contribution in [-0.2, 0) is 68.0 Å². The highest BCUT2D eigenvalue weighted by Gasteiger charge is 2.18. The van der Waals surface area contributed by atoms with Gasteiger partial charge < -0.3 is 91.5 Å². The second-order valence-corrected chi connectivity index (χ2v) is 15.1. The maximum Gasteiger partial charge on any atom is 0.344 e. The fourth-order valence-corrected chi connectivity index (χ4v) is 5.20. The number of urea groups is 1. The number of benzene rings is 1. The van der Waals surface area contributed by atoms with E-state index in [1.165, 1.54) is 0 Å². The van der Waals surface area contributed by atoms with Crippen LogP contribution in [-0.4, -0.2) is 200 Å². The van der Waals surface area contributed by atoms with Crippen LogP contribution in [0.3, 0.4) is 0 Å². The van der Waals surface area contributed by atoms with Crippen molar-refractivity contribution in [2.45, 2.75) is 46.6 Å². The summed E-state index contributed by atoms with van der Waals surface area (Å²) >= 11 is 0. The quantitative estimate of drug-likeness (QED) is 0.0542. The third-order valence-corrected chi connectivity index (χ3v) is 8.39. The molecule has 0 aliphatic heterocycles. The van der Waals surface area contributed by atoms with Gasteiger partial charge in [0.15, 0.2) is 11.5 Å². The van der Waals surface area contributed by atoms with Crippen molar-refractivity contribution < 1.29 is 90.2 Å². The molecule has 0 aromatic heterocycles. The minimum absolute atomic E-state index is 0.0343. The molecule has 0 aliphatic rings. The van der Waals surface area contributed by atoms with Crippen LogP contribution in [0.25, 0.3) is 0 Å². The lowest BCUT2D eigenvalue weighted by atomic mass is 10.1. The largest absolute Gasteiger partial charge is 0.487 e. The van der Waals surface area contributed by atoms with Gasteiger partial charge in [-0.2, -0.15) is 0 Å². The summed E-state index contributed by atoms with van der Waals surface area (Å²) in [7, 11) is -4.45. The van der Waals surface area contributed by atoms with Gasteiger partial charge in [0.25, 0.3) is 0 Å². The van der Waals surface area contributed by atoms with Crippen molar-refractivity contribution in [1.82, 2.24) is 10.6 Å². The maximum absolute atomic E-state index is 12.3. The normalized spacial score (nSPS) is 11.6. The molecule has 0 heterocycles. The van der Waals surface area contributed by atoms with Gasteiger partial charge in [0.1, 0.15) is 26.1 Å². The molecule has 0 spiro atoms. The Morgan fingerprint density at radius 1 is 0.422 bits per heavy atom. The molecule has 1 aromatic rings. The second-order valence-electron chi connectivity index (χ2n) is 13.5. The molecule has 0 radical (unpaired) electrons. The van der Waals surface area contributed by atoms with E-state index in [4.69, 9.17) is 80.8 Å². The number of carbonyl (C=O) groups excluding carboxylic acids is 1. The van der Waals surface area contributed by atoms with Crippen LogP contribution >= 0.6 is 7.60 Å². The van der Waals surface area contributed by atoms with E-state index in [0.717, 1.165) is 39.1 Å². The monoisotopic (exact) mass is 947 g/mol. The highest BCUT2D eigenvalue weighted by molar-refractivity contribution is 7.51. The molecule has 1 aromatic carbocycles. The average molecular weight is 947 g/mol. The summed E-state index contributed by atoms with van der Waals surface area (Å²) in [4.78, 5) is 30.6. The summed E-state index contributed by atoms with van der Waals surface area (Å²) in [6.45, 7) is 17.4. The van der Waals surface area contributed by atoms with Gasteiger partial charge in [0, 0.05) is 26.4 Å². The molecule has 4 N–H and O–H groups in total. The number of amides is 2. The summed E-state index contributed by atoms with van der Waals surface area (Å²) in [6.07, 6.45) is 2.09. The summed E-state index contributed by atoms with van der Waals surface area (Å²) < 4.78 is 96.2. The summed E-state index contributed by atoms with van der Waals surface area (Å²) in [5.74, 6) is 0.907. The predicted octanol–water partition coefficient (Wildman–Crippen LogP) is 3.19. The van der Waals surface area contributed by atoms with Crippen LogP contribution < -0.4 is 24.8 Å². The number of hydrogen-bond acceptors (Lipinski definition) is 17. The van der Waals surface area contributed by atoms with Crippen molar-refractivity contribution in [3.8, 4) is 17.2 Å². The predicted molar refractivity (Wildman–Crippen MR) is 236 cm³/mol. The van der Waals surface area contributed by atoms with E-state index in [0.29, 0.717) is 142 Å². The minimum Gasteiger partial charge on any atom is -0.487 e. The molecule has 0 bridgehead atoms. The van der Waals surface area contributed by atoms with Crippen LogP contribution in [0.5, 0.6) is 17.2 Å². The van der Waals surface area contributed by atoms with Crippen LogP contribution in [0.4, 0.5) is 4.79 Å². The first-order chi connectivity index (χ1) is 31.3.